The van der Waals surface area contributed by atoms with Crippen LogP contribution in [0.2, 0.25) is 0 Å². The molecule has 2 heterocycles. The first-order valence-electron chi connectivity index (χ1n) is 4.80. The Kier molecular flexibility index (Phi) is 2.71. The Bertz CT molecular complexity index is 378. The van der Waals surface area contributed by atoms with Crippen molar-refractivity contribution in [3.63, 3.8) is 0 Å². The Labute approximate surface area is 87.1 Å². The first kappa shape index (κ1) is 9.76. The zero-order valence-corrected chi connectivity index (χ0v) is 8.22. The lowest BCUT2D eigenvalue weighted by Crippen LogP contribution is -2.38. The minimum absolute atomic E-state index is 0.0235. The Morgan fingerprint density at radius 1 is 1.33 bits per heavy atom. The molecule has 5 heteroatoms. The SMILES string of the molecule is O=C1CCN(Cc2cnccn2)C(=O)C1. The molecule has 1 saturated heterocycles. The first-order valence-corrected chi connectivity index (χ1v) is 4.80. The number of hydrogen-bond acceptors (Lipinski definition) is 4. The van der Waals surface area contributed by atoms with Gasteiger partial charge in [0.15, 0.2) is 0 Å². The highest BCUT2D eigenvalue weighted by Gasteiger charge is 2.23. The first-order chi connectivity index (χ1) is 7.25. The predicted molar refractivity (Wildman–Crippen MR) is 51.7 cm³/mol. The Hall–Kier alpha value is -1.78. The molecule has 1 amide bonds. The third kappa shape index (κ3) is 2.37. The van der Waals surface area contributed by atoms with Crippen molar-refractivity contribution in [2.24, 2.45) is 0 Å². The third-order valence-corrected chi connectivity index (χ3v) is 2.33. The second-order valence-electron chi connectivity index (χ2n) is 3.48. The monoisotopic (exact) mass is 205 g/mol. The molecule has 0 aliphatic carbocycles. The summed E-state index contributed by atoms with van der Waals surface area (Å²) in [6, 6.07) is 0. The number of carbonyl (C=O) groups is 2. The number of rotatable bonds is 2. The lowest BCUT2D eigenvalue weighted by atomic mass is 10.1. The zero-order chi connectivity index (χ0) is 10.7. The maximum atomic E-state index is 11.5. The van der Waals surface area contributed by atoms with Gasteiger partial charge in [0.25, 0.3) is 0 Å². The molecule has 0 radical (unpaired) electrons. The van der Waals surface area contributed by atoms with Gasteiger partial charge in [0.2, 0.25) is 5.91 Å². The van der Waals surface area contributed by atoms with Crippen LogP contribution in [0, 0.1) is 0 Å². The molecule has 1 aromatic rings. The average molecular weight is 205 g/mol. The summed E-state index contributed by atoms with van der Waals surface area (Å²) in [5.41, 5.74) is 0.750. The van der Waals surface area contributed by atoms with E-state index in [9.17, 15) is 9.59 Å². The summed E-state index contributed by atoms with van der Waals surface area (Å²) in [4.78, 5) is 32.1. The van der Waals surface area contributed by atoms with Crippen LogP contribution in [-0.4, -0.2) is 33.1 Å². The van der Waals surface area contributed by atoms with E-state index in [1.54, 1.807) is 23.5 Å². The summed E-state index contributed by atoms with van der Waals surface area (Å²) >= 11 is 0. The van der Waals surface area contributed by atoms with Crippen LogP contribution < -0.4 is 0 Å². The van der Waals surface area contributed by atoms with Gasteiger partial charge in [-0.05, 0) is 0 Å². The third-order valence-electron chi connectivity index (χ3n) is 2.33. The van der Waals surface area contributed by atoms with Gasteiger partial charge in [-0.3, -0.25) is 19.6 Å². The number of nitrogens with zero attached hydrogens (tertiary/aromatic N) is 3. The molecule has 78 valence electrons. The molecule has 0 saturated carbocycles. The van der Waals surface area contributed by atoms with Gasteiger partial charge in [0.1, 0.15) is 5.78 Å². The summed E-state index contributed by atoms with van der Waals surface area (Å²) in [6.45, 7) is 0.939. The van der Waals surface area contributed by atoms with Crippen molar-refractivity contribution in [1.29, 1.82) is 0 Å². The van der Waals surface area contributed by atoms with Gasteiger partial charge >= 0.3 is 0 Å². The van der Waals surface area contributed by atoms with E-state index in [0.29, 0.717) is 19.5 Å². The fraction of sp³-hybridized carbons (Fsp3) is 0.400. The maximum absolute atomic E-state index is 11.5. The van der Waals surface area contributed by atoms with E-state index in [4.69, 9.17) is 0 Å². The van der Waals surface area contributed by atoms with Crippen LogP contribution in [0.4, 0.5) is 0 Å². The molecule has 2 rings (SSSR count). The Morgan fingerprint density at radius 3 is 2.87 bits per heavy atom. The average Bonchev–Trinajstić information content (AvgIpc) is 2.24. The highest BCUT2D eigenvalue weighted by atomic mass is 16.2. The van der Waals surface area contributed by atoms with Gasteiger partial charge < -0.3 is 4.90 Å². The van der Waals surface area contributed by atoms with Crippen molar-refractivity contribution < 1.29 is 9.59 Å². The fourth-order valence-corrected chi connectivity index (χ4v) is 1.53. The molecule has 1 fully saturated rings. The normalized spacial score (nSPS) is 16.9. The second kappa shape index (κ2) is 4.16. The lowest BCUT2D eigenvalue weighted by Gasteiger charge is -2.25. The largest absolute Gasteiger partial charge is 0.336 e. The Morgan fingerprint density at radius 2 is 2.20 bits per heavy atom. The topological polar surface area (TPSA) is 63.2 Å². The van der Waals surface area contributed by atoms with Crippen molar-refractivity contribution in [1.82, 2.24) is 14.9 Å². The van der Waals surface area contributed by atoms with Crippen LogP contribution in [0.5, 0.6) is 0 Å². The van der Waals surface area contributed by atoms with E-state index in [2.05, 4.69) is 9.97 Å². The van der Waals surface area contributed by atoms with Crippen molar-refractivity contribution in [2.75, 3.05) is 6.54 Å². The summed E-state index contributed by atoms with van der Waals surface area (Å²) in [5, 5.41) is 0. The van der Waals surface area contributed by atoms with Gasteiger partial charge in [0, 0.05) is 25.4 Å². The lowest BCUT2D eigenvalue weighted by molar-refractivity contribution is -0.139. The highest BCUT2D eigenvalue weighted by Crippen LogP contribution is 2.10. The van der Waals surface area contributed by atoms with Crippen molar-refractivity contribution >= 4 is 11.7 Å². The van der Waals surface area contributed by atoms with Crippen LogP contribution in [0.15, 0.2) is 18.6 Å². The molecule has 1 aromatic heterocycles. The number of hydrogen-bond donors (Lipinski definition) is 0. The number of amides is 1. The van der Waals surface area contributed by atoms with Gasteiger partial charge in [0.05, 0.1) is 24.9 Å². The van der Waals surface area contributed by atoms with Gasteiger partial charge in [-0.2, -0.15) is 0 Å². The van der Waals surface area contributed by atoms with Gasteiger partial charge in [-0.25, -0.2) is 0 Å². The van der Waals surface area contributed by atoms with Crippen molar-refractivity contribution in [3.8, 4) is 0 Å². The quantitative estimate of drug-likeness (QED) is 0.645. The zero-order valence-electron chi connectivity index (χ0n) is 8.22. The molecule has 15 heavy (non-hydrogen) atoms. The number of ketones is 1. The fourth-order valence-electron chi connectivity index (χ4n) is 1.53. The number of likely N-dealkylation sites (tertiary alicyclic amines) is 1. The smallest absolute Gasteiger partial charge is 0.230 e. The minimum Gasteiger partial charge on any atom is -0.336 e. The second-order valence-corrected chi connectivity index (χ2v) is 3.48. The van der Waals surface area contributed by atoms with Crippen LogP contribution >= 0.6 is 0 Å². The van der Waals surface area contributed by atoms with Gasteiger partial charge in [-0.1, -0.05) is 0 Å². The molecule has 0 atom stereocenters. The van der Waals surface area contributed by atoms with Crippen LogP contribution in [0.3, 0.4) is 0 Å². The van der Waals surface area contributed by atoms with Crippen LogP contribution in [0.25, 0.3) is 0 Å². The van der Waals surface area contributed by atoms with E-state index in [-0.39, 0.29) is 18.1 Å². The van der Waals surface area contributed by atoms with E-state index in [1.807, 2.05) is 0 Å². The Balaban J connectivity index is 2.01. The summed E-state index contributed by atoms with van der Waals surface area (Å²) in [7, 11) is 0. The summed E-state index contributed by atoms with van der Waals surface area (Å²) in [5.74, 6) is -0.0905. The van der Waals surface area contributed by atoms with Crippen LogP contribution in [-0.2, 0) is 16.1 Å². The summed E-state index contributed by atoms with van der Waals surface area (Å²) in [6.07, 6.45) is 5.29. The molecule has 1 aliphatic rings. The minimum atomic E-state index is -0.114. The molecule has 0 spiro atoms. The highest BCUT2D eigenvalue weighted by molar-refractivity contribution is 6.00. The number of aromatic nitrogens is 2. The molecular weight excluding hydrogens is 194 g/mol. The number of carbonyl (C=O) groups excluding carboxylic acids is 2. The number of piperidine rings is 1. The predicted octanol–water partition coefficient (Wildman–Crippen LogP) is 0.168. The molecule has 0 bridgehead atoms. The van der Waals surface area contributed by atoms with Crippen molar-refractivity contribution in [2.45, 2.75) is 19.4 Å². The summed E-state index contributed by atoms with van der Waals surface area (Å²) < 4.78 is 0. The van der Waals surface area contributed by atoms with E-state index >= 15 is 0 Å². The molecule has 1 aliphatic heterocycles. The maximum Gasteiger partial charge on any atom is 0.230 e. The van der Waals surface area contributed by atoms with Gasteiger partial charge in [-0.15, -0.1) is 0 Å². The van der Waals surface area contributed by atoms with E-state index < -0.39 is 0 Å². The molecule has 5 nitrogen and oxygen atoms in total. The molecule has 0 unspecified atom stereocenters. The van der Waals surface area contributed by atoms with E-state index in [1.165, 1.54) is 0 Å². The van der Waals surface area contributed by atoms with E-state index in [0.717, 1.165) is 5.69 Å². The standard InChI is InChI=1S/C10H11N3O2/c14-9-1-4-13(10(15)5-9)7-8-6-11-2-3-12-8/h2-3,6H,1,4-5,7H2. The number of Topliss-reactive ketones (excluding diaryl/α,β-unsaturated/α-hetero) is 1. The molecule has 0 N–H and O–H groups in total. The van der Waals surface area contributed by atoms with Crippen molar-refractivity contribution in [3.05, 3.63) is 24.3 Å². The molecule has 0 aromatic carbocycles. The molecular formula is C10H11N3O2. The van der Waals surface area contributed by atoms with Crippen LogP contribution in [0.1, 0.15) is 18.5 Å².